The Kier molecular flexibility index (Phi) is 4.72. The molecule has 0 aliphatic carbocycles. The Morgan fingerprint density at radius 1 is 0.733 bits per heavy atom. The van der Waals surface area contributed by atoms with Crippen LogP contribution in [0.3, 0.4) is 0 Å². The van der Waals surface area contributed by atoms with Gasteiger partial charge in [0.05, 0.1) is 17.1 Å². The van der Waals surface area contributed by atoms with Crippen LogP contribution in [0, 0.1) is 6.92 Å². The SMILES string of the molecule is CCCn1c(-c2ccc(C)cc2)cn2c(-c3ccccc3)c(-c3ccccc3)nc12. The smallest absolute Gasteiger partial charge is 0.215 e. The number of hydrogen-bond acceptors (Lipinski definition) is 1. The lowest BCUT2D eigenvalue weighted by Gasteiger charge is -2.08. The molecule has 0 N–H and O–H groups in total. The van der Waals surface area contributed by atoms with Gasteiger partial charge in [0, 0.05) is 23.9 Å². The maximum absolute atomic E-state index is 5.17. The third kappa shape index (κ3) is 3.13. The van der Waals surface area contributed by atoms with E-state index in [1.807, 2.05) is 6.07 Å². The van der Waals surface area contributed by atoms with Crippen LogP contribution in [0.4, 0.5) is 0 Å². The van der Waals surface area contributed by atoms with E-state index in [1.54, 1.807) is 0 Å². The van der Waals surface area contributed by atoms with Gasteiger partial charge >= 0.3 is 0 Å². The van der Waals surface area contributed by atoms with Crippen molar-refractivity contribution in [2.75, 3.05) is 0 Å². The zero-order valence-electron chi connectivity index (χ0n) is 17.4. The molecule has 3 aromatic carbocycles. The molecule has 0 aliphatic rings. The van der Waals surface area contributed by atoms with Gasteiger partial charge in [0.2, 0.25) is 5.78 Å². The van der Waals surface area contributed by atoms with E-state index in [2.05, 4.69) is 108 Å². The molecule has 0 spiro atoms. The normalized spacial score (nSPS) is 11.3. The fourth-order valence-electron chi connectivity index (χ4n) is 4.10. The van der Waals surface area contributed by atoms with Crippen LogP contribution in [0.15, 0.2) is 91.1 Å². The summed E-state index contributed by atoms with van der Waals surface area (Å²) < 4.78 is 4.62. The molecule has 0 saturated carbocycles. The van der Waals surface area contributed by atoms with Crippen LogP contribution in [-0.4, -0.2) is 14.0 Å². The fraction of sp³-hybridized carbons (Fsp3) is 0.148. The van der Waals surface area contributed by atoms with E-state index in [-0.39, 0.29) is 0 Å². The van der Waals surface area contributed by atoms with Crippen LogP contribution in [0.2, 0.25) is 0 Å². The molecule has 2 aromatic heterocycles. The number of rotatable bonds is 5. The first-order valence-corrected chi connectivity index (χ1v) is 10.6. The summed E-state index contributed by atoms with van der Waals surface area (Å²) in [5.41, 5.74) is 8.18. The van der Waals surface area contributed by atoms with Gasteiger partial charge in [-0.1, -0.05) is 97.4 Å². The van der Waals surface area contributed by atoms with Crippen LogP contribution in [0.5, 0.6) is 0 Å². The Balaban J connectivity index is 1.81. The zero-order valence-corrected chi connectivity index (χ0v) is 17.4. The fourth-order valence-corrected chi connectivity index (χ4v) is 4.10. The number of fused-ring (bicyclic) bond motifs is 1. The summed E-state index contributed by atoms with van der Waals surface area (Å²) in [5.74, 6) is 0.991. The Labute approximate surface area is 177 Å². The van der Waals surface area contributed by atoms with Crippen molar-refractivity contribution >= 4 is 5.78 Å². The molecule has 0 radical (unpaired) electrons. The van der Waals surface area contributed by atoms with Crippen LogP contribution in [0.25, 0.3) is 39.5 Å². The summed E-state index contributed by atoms with van der Waals surface area (Å²) in [7, 11) is 0. The van der Waals surface area contributed by atoms with Crippen molar-refractivity contribution in [3.8, 4) is 33.8 Å². The van der Waals surface area contributed by atoms with Gasteiger partial charge in [-0.3, -0.25) is 4.40 Å². The molecule has 2 heterocycles. The molecule has 0 saturated heterocycles. The first kappa shape index (κ1) is 18.4. The highest BCUT2D eigenvalue weighted by atomic mass is 15.2. The van der Waals surface area contributed by atoms with Gasteiger partial charge in [-0.2, -0.15) is 0 Å². The minimum atomic E-state index is 0.930. The maximum Gasteiger partial charge on any atom is 0.215 e. The lowest BCUT2D eigenvalue weighted by molar-refractivity contribution is 0.700. The summed E-state index contributed by atoms with van der Waals surface area (Å²) >= 11 is 0. The van der Waals surface area contributed by atoms with Gasteiger partial charge < -0.3 is 4.57 Å². The molecule has 3 nitrogen and oxygen atoms in total. The van der Waals surface area contributed by atoms with E-state index in [0.29, 0.717) is 0 Å². The molecule has 0 aliphatic heterocycles. The molecule has 148 valence electrons. The molecular formula is C27H25N3. The highest BCUT2D eigenvalue weighted by molar-refractivity contribution is 5.82. The van der Waals surface area contributed by atoms with E-state index in [0.717, 1.165) is 35.7 Å². The summed E-state index contributed by atoms with van der Waals surface area (Å²) in [6, 6.07) is 29.8. The largest absolute Gasteiger partial charge is 0.310 e. The van der Waals surface area contributed by atoms with Crippen molar-refractivity contribution in [2.24, 2.45) is 0 Å². The number of nitrogens with zero attached hydrogens (tertiary/aromatic N) is 3. The second-order valence-electron chi connectivity index (χ2n) is 7.74. The van der Waals surface area contributed by atoms with Crippen molar-refractivity contribution in [1.82, 2.24) is 14.0 Å². The number of benzene rings is 3. The molecule has 0 bridgehead atoms. The van der Waals surface area contributed by atoms with E-state index in [1.165, 1.54) is 22.4 Å². The predicted molar refractivity (Wildman–Crippen MR) is 125 cm³/mol. The molecule has 5 rings (SSSR count). The summed E-state index contributed by atoms with van der Waals surface area (Å²) in [6.45, 7) is 5.27. The monoisotopic (exact) mass is 391 g/mol. The van der Waals surface area contributed by atoms with Crippen molar-refractivity contribution in [3.05, 3.63) is 96.7 Å². The molecule has 3 heteroatoms. The predicted octanol–water partition coefficient (Wildman–Crippen LogP) is 6.86. The lowest BCUT2D eigenvalue weighted by Crippen LogP contribution is -2.00. The van der Waals surface area contributed by atoms with Gasteiger partial charge in [0.1, 0.15) is 0 Å². The average Bonchev–Trinajstić information content (AvgIpc) is 3.33. The molecule has 30 heavy (non-hydrogen) atoms. The number of aromatic nitrogens is 3. The molecular weight excluding hydrogens is 366 g/mol. The highest BCUT2D eigenvalue weighted by Gasteiger charge is 2.21. The third-order valence-corrected chi connectivity index (χ3v) is 5.57. The molecule has 5 aromatic rings. The second kappa shape index (κ2) is 7.68. The Morgan fingerprint density at radius 2 is 1.37 bits per heavy atom. The quantitative estimate of drug-likeness (QED) is 0.321. The zero-order chi connectivity index (χ0) is 20.5. The number of imidazole rings is 2. The van der Waals surface area contributed by atoms with Gasteiger partial charge in [-0.15, -0.1) is 0 Å². The highest BCUT2D eigenvalue weighted by Crippen LogP contribution is 2.35. The number of hydrogen-bond donors (Lipinski definition) is 0. The van der Waals surface area contributed by atoms with Crippen molar-refractivity contribution < 1.29 is 0 Å². The Hall–Kier alpha value is -3.59. The van der Waals surface area contributed by atoms with Gasteiger partial charge in [-0.25, -0.2) is 4.98 Å². The average molecular weight is 392 g/mol. The van der Waals surface area contributed by atoms with Gasteiger partial charge in [0.15, 0.2) is 0 Å². The maximum atomic E-state index is 5.17. The Bertz CT molecular complexity index is 1280. The summed E-state index contributed by atoms with van der Waals surface area (Å²) in [6.07, 6.45) is 3.30. The van der Waals surface area contributed by atoms with Crippen LogP contribution < -0.4 is 0 Å². The minimum absolute atomic E-state index is 0.930. The van der Waals surface area contributed by atoms with Crippen LogP contribution >= 0.6 is 0 Å². The van der Waals surface area contributed by atoms with Gasteiger partial charge in [0.25, 0.3) is 0 Å². The first-order valence-electron chi connectivity index (χ1n) is 10.6. The Morgan fingerprint density at radius 3 is 2.00 bits per heavy atom. The lowest BCUT2D eigenvalue weighted by atomic mass is 10.0. The van der Waals surface area contributed by atoms with Crippen LogP contribution in [-0.2, 0) is 6.54 Å². The first-order chi connectivity index (χ1) is 14.8. The van der Waals surface area contributed by atoms with Crippen molar-refractivity contribution in [1.29, 1.82) is 0 Å². The van der Waals surface area contributed by atoms with Crippen molar-refractivity contribution in [3.63, 3.8) is 0 Å². The van der Waals surface area contributed by atoms with Crippen molar-refractivity contribution in [2.45, 2.75) is 26.8 Å². The van der Waals surface area contributed by atoms with E-state index < -0.39 is 0 Å². The van der Waals surface area contributed by atoms with E-state index >= 15 is 0 Å². The van der Waals surface area contributed by atoms with E-state index in [4.69, 9.17) is 4.98 Å². The topological polar surface area (TPSA) is 22.2 Å². The standard InChI is InChI=1S/C27H25N3/c1-3-18-29-24(21-16-14-20(2)15-17-21)19-30-26(23-12-8-5-9-13-23)25(28-27(29)30)22-10-6-4-7-11-22/h4-17,19H,3,18H2,1-2H3. The van der Waals surface area contributed by atoms with Crippen LogP contribution in [0.1, 0.15) is 18.9 Å². The summed E-state index contributed by atoms with van der Waals surface area (Å²) in [5, 5.41) is 0. The minimum Gasteiger partial charge on any atom is -0.310 e. The van der Waals surface area contributed by atoms with Gasteiger partial charge in [-0.05, 0) is 18.9 Å². The molecule has 0 fully saturated rings. The molecule has 0 atom stereocenters. The molecule has 0 amide bonds. The second-order valence-corrected chi connectivity index (χ2v) is 7.74. The number of aryl methyl sites for hydroxylation is 2. The molecule has 0 unspecified atom stereocenters. The van der Waals surface area contributed by atoms with E-state index in [9.17, 15) is 0 Å². The third-order valence-electron chi connectivity index (χ3n) is 5.57. The summed E-state index contributed by atoms with van der Waals surface area (Å²) in [4.78, 5) is 5.17.